The summed E-state index contributed by atoms with van der Waals surface area (Å²) in [6.45, 7) is 0. The number of methoxy groups -OCH3 is 2. The molecule has 0 saturated carbocycles. The van der Waals surface area contributed by atoms with Gasteiger partial charge in [0.15, 0.2) is 0 Å². The minimum Gasteiger partial charge on any atom is -0.497 e. The molecule has 0 radical (unpaired) electrons. The highest BCUT2D eigenvalue weighted by Crippen LogP contribution is 2.33. The molecule has 3 rings (SSSR count). The van der Waals surface area contributed by atoms with Crippen molar-refractivity contribution in [3.63, 3.8) is 0 Å². The van der Waals surface area contributed by atoms with E-state index in [2.05, 4.69) is 15.5 Å². The minimum absolute atomic E-state index is 0.0309. The van der Waals surface area contributed by atoms with Crippen LogP contribution in [-0.4, -0.2) is 30.3 Å². The van der Waals surface area contributed by atoms with E-state index in [4.69, 9.17) is 25.5 Å². The van der Waals surface area contributed by atoms with Crippen molar-refractivity contribution in [2.45, 2.75) is 0 Å². The molecule has 0 unspecified atom stereocenters. The topological polar surface area (TPSA) is 86.5 Å². The molecule has 0 atom stereocenters. The third kappa shape index (κ3) is 4.45. The van der Waals surface area contributed by atoms with Gasteiger partial charge in [0.25, 0.3) is 11.8 Å². The molecule has 8 heteroatoms. The lowest BCUT2D eigenvalue weighted by atomic mass is 10.2. The van der Waals surface area contributed by atoms with Crippen LogP contribution in [0.2, 0.25) is 5.02 Å². The fourth-order valence-electron chi connectivity index (χ4n) is 2.28. The predicted molar refractivity (Wildman–Crippen MR) is 102 cm³/mol. The lowest BCUT2D eigenvalue weighted by Gasteiger charge is -2.07. The molecule has 1 N–H and O–H groups in total. The standard InChI is InChI=1S/C19H16ClN3O4/c1-25-13-8-9-14(16(11-13)26-2)18-22-23-19(27-18)21-17(24)10-7-12-5-3-4-6-15(12)20/h3-11H,1-2H3,(H,21,23,24)/b10-7+. The van der Waals surface area contributed by atoms with E-state index < -0.39 is 5.91 Å². The van der Waals surface area contributed by atoms with Crippen molar-refractivity contribution in [3.05, 3.63) is 59.1 Å². The summed E-state index contributed by atoms with van der Waals surface area (Å²) in [6, 6.07) is 12.3. The maximum Gasteiger partial charge on any atom is 0.322 e. The fraction of sp³-hybridized carbons (Fsp3) is 0.105. The monoisotopic (exact) mass is 385 g/mol. The smallest absolute Gasteiger partial charge is 0.322 e. The molecule has 0 bridgehead atoms. The number of hydrogen-bond donors (Lipinski definition) is 1. The quantitative estimate of drug-likeness (QED) is 0.644. The van der Waals surface area contributed by atoms with Crippen LogP contribution in [0, 0.1) is 0 Å². The lowest BCUT2D eigenvalue weighted by Crippen LogP contribution is -2.07. The summed E-state index contributed by atoms with van der Waals surface area (Å²) in [5, 5.41) is 10.8. The average molecular weight is 386 g/mol. The van der Waals surface area contributed by atoms with Gasteiger partial charge in [0.1, 0.15) is 11.5 Å². The molecule has 2 aromatic carbocycles. The first kappa shape index (κ1) is 18.5. The first-order valence-electron chi connectivity index (χ1n) is 7.90. The largest absolute Gasteiger partial charge is 0.497 e. The summed E-state index contributed by atoms with van der Waals surface area (Å²) in [5.74, 6) is 0.926. The second kappa shape index (κ2) is 8.37. The van der Waals surface area contributed by atoms with E-state index in [0.717, 1.165) is 5.56 Å². The summed E-state index contributed by atoms with van der Waals surface area (Å²) in [6.07, 6.45) is 2.93. The number of halogens is 1. The number of nitrogens with one attached hydrogen (secondary N) is 1. The second-order valence-corrected chi connectivity index (χ2v) is 5.73. The van der Waals surface area contributed by atoms with Gasteiger partial charge in [-0.25, -0.2) is 0 Å². The van der Waals surface area contributed by atoms with Gasteiger partial charge in [-0.2, -0.15) is 0 Å². The van der Waals surface area contributed by atoms with Crippen molar-refractivity contribution in [1.82, 2.24) is 10.2 Å². The van der Waals surface area contributed by atoms with Gasteiger partial charge < -0.3 is 13.9 Å². The van der Waals surface area contributed by atoms with Crippen LogP contribution in [0.1, 0.15) is 5.56 Å². The van der Waals surface area contributed by atoms with E-state index in [-0.39, 0.29) is 11.9 Å². The molecule has 0 saturated heterocycles. The van der Waals surface area contributed by atoms with Crippen LogP contribution in [0.15, 0.2) is 53.0 Å². The third-order valence-electron chi connectivity index (χ3n) is 3.61. The maximum absolute atomic E-state index is 12.0. The Morgan fingerprint density at radius 1 is 1.15 bits per heavy atom. The first-order valence-corrected chi connectivity index (χ1v) is 8.28. The molecule has 0 spiro atoms. The highest BCUT2D eigenvalue weighted by Gasteiger charge is 2.15. The van der Waals surface area contributed by atoms with Crippen LogP contribution < -0.4 is 14.8 Å². The summed E-state index contributed by atoms with van der Waals surface area (Å²) in [5.41, 5.74) is 1.31. The molecule has 1 heterocycles. The number of ether oxygens (including phenoxy) is 2. The van der Waals surface area contributed by atoms with Crippen LogP contribution in [0.3, 0.4) is 0 Å². The minimum atomic E-state index is -0.424. The van der Waals surface area contributed by atoms with Crippen molar-refractivity contribution in [3.8, 4) is 23.0 Å². The van der Waals surface area contributed by atoms with Crippen LogP contribution >= 0.6 is 11.6 Å². The van der Waals surface area contributed by atoms with Gasteiger partial charge in [-0.1, -0.05) is 34.9 Å². The number of carbonyl (C=O) groups excluding carboxylic acids is 1. The zero-order chi connectivity index (χ0) is 19.2. The highest BCUT2D eigenvalue weighted by molar-refractivity contribution is 6.32. The highest BCUT2D eigenvalue weighted by atomic mass is 35.5. The van der Waals surface area contributed by atoms with E-state index in [1.165, 1.54) is 13.2 Å². The molecule has 0 aliphatic rings. The Kier molecular flexibility index (Phi) is 5.73. The number of anilines is 1. The zero-order valence-electron chi connectivity index (χ0n) is 14.6. The zero-order valence-corrected chi connectivity index (χ0v) is 15.4. The molecule has 138 valence electrons. The number of aromatic nitrogens is 2. The molecule has 0 aliphatic carbocycles. The summed E-state index contributed by atoms with van der Waals surface area (Å²) in [4.78, 5) is 12.0. The van der Waals surface area contributed by atoms with Gasteiger partial charge >= 0.3 is 6.01 Å². The van der Waals surface area contributed by atoms with Crippen LogP contribution in [0.5, 0.6) is 11.5 Å². The number of carbonyl (C=O) groups is 1. The number of hydrogen-bond acceptors (Lipinski definition) is 6. The Hall–Kier alpha value is -3.32. The molecular formula is C19H16ClN3O4. The first-order chi connectivity index (χ1) is 13.1. The van der Waals surface area contributed by atoms with Crippen LogP contribution in [0.25, 0.3) is 17.5 Å². The van der Waals surface area contributed by atoms with Crippen molar-refractivity contribution in [2.24, 2.45) is 0 Å². The summed E-state index contributed by atoms with van der Waals surface area (Å²) in [7, 11) is 3.09. The van der Waals surface area contributed by atoms with Crippen molar-refractivity contribution in [2.75, 3.05) is 19.5 Å². The van der Waals surface area contributed by atoms with Crippen molar-refractivity contribution < 1.29 is 18.7 Å². The van der Waals surface area contributed by atoms with Gasteiger partial charge in [0.05, 0.1) is 19.8 Å². The third-order valence-corrected chi connectivity index (χ3v) is 3.96. The molecule has 0 fully saturated rings. The number of rotatable bonds is 6. The van der Waals surface area contributed by atoms with E-state index >= 15 is 0 Å². The molecule has 1 aromatic heterocycles. The molecular weight excluding hydrogens is 370 g/mol. The van der Waals surface area contributed by atoms with E-state index in [1.54, 1.807) is 43.5 Å². The molecule has 1 amide bonds. The SMILES string of the molecule is COc1ccc(-c2nnc(NC(=O)/C=C/c3ccccc3Cl)o2)c(OC)c1. The van der Waals surface area contributed by atoms with Crippen LogP contribution in [-0.2, 0) is 4.79 Å². The van der Waals surface area contributed by atoms with Gasteiger partial charge in [0.2, 0.25) is 0 Å². The van der Waals surface area contributed by atoms with Gasteiger partial charge in [-0.15, -0.1) is 5.10 Å². The Bertz CT molecular complexity index is 985. The second-order valence-electron chi connectivity index (χ2n) is 5.32. The maximum atomic E-state index is 12.0. The Morgan fingerprint density at radius 3 is 2.70 bits per heavy atom. The van der Waals surface area contributed by atoms with Crippen LogP contribution in [0.4, 0.5) is 6.01 Å². The normalized spacial score (nSPS) is 10.8. The molecule has 0 aliphatic heterocycles. The van der Waals surface area contributed by atoms with Gasteiger partial charge in [-0.05, 0) is 29.8 Å². The van der Waals surface area contributed by atoms with Crippen molar-refractivity contribution >= 4 is 29.6 Å². The Balaban J connectivity index is 1.73. The summed E-state index contributed by atoms with van der Waals surface area (Å²) < 4.78 is 16.0. The van der Waals surface area contributed by atoms with Gasteiger partial charge in [0, 0.05) is 17.2 Å². The van der Waals surface area contributed by atoms with Crippen molar-refractivity contribution in [1.29, 1.82) is 0 Å². The van der Waals surface area contributed by atoms with Gasteiger partial charge in [-0.3, -0.25) is 10.1 Å². The Morgan fingerprint density at radius 2 is 1.96 bits per heavy atom. The Labute approximate surface area is 160 Å². The lowest BCUT2D eigenvalue weighted by molar-refractivity contribution is -0.112. The summed E-state index contributed by atoms with van der Waals surface area (Å²) >= 11 is 6.04. The van der Waals surface area contributed by atoms with E-state index in [1.807, 2.05) is 12.1 Å². The molecule has 7 nitrogen and oxygen atoms in total. The average Bonchev–Trinajstić information content (AvgIpc) is 3.15. The van der Waals surface area contributed by atoms with E-state index in [9.17, 15) is 4.79 Å². The number of amides is 1. The molecule has 27 heavy (non-hydrogen) atoms. The fourth-order valence-corrected chi connectivity index (χ4v) is 2.48. The number of nitrogens with zero attached hydrogens (tertiary/aromatic N) is 2. The number of benzene rings is 2. The van der Waals surface area contributed by atoms with E-state index in [0.29, 0.717) is 22.1 Å². The molecule has 3 aromatic rings. The predicted octanol–water partition coefficient (Wildman–Crippen LogP) is 4.06.